The van der Waals surface area contributed by atoms with Crippen LogP contribution in [0.1, 0.15) is 27.0 Å². The number of Topliss-reactive ketones (excluding diaryl/α,β-unsaturated/α-hetero) is 1. The number of aryl methyl sites for hydroxylation is 3. The Kier molecular flexibility index (Phi) is 4.45. The molecular weight excluding hydrogens is 296 g/mol. The molecule has 1 fully saturated rings. The fourth-order valence-electron chi connectivity index (χ4n) is 2.47. The molecule has 0 aromatic heterocycles. The lowest BCUT2D eigenvalue weighted by Crippen LogP contribution is -2.37. The highest BCUT2D eigenvalue weighted by atomic mass is 16.2. The van der Waals surface area contributed by atoms with Crippen LogP contribution in [0.15, 0.2) is 24.8 Å². The highest BCUT2D eigenvalue weighted by Crippen LogP contribution is 2.18. The quantitative estimate of drug-likeness (QED) is 0.359. The highest BCUT2D eigenvalue weighted by Gasteiger charge is 2.44. The summed E-state index contributed by atoms with van der Waals surface area (Å²) in [5.41, 5.74) is 3.22. The Morgan fingerprint density at radius 1 is 1.00 bits per heavy atom. The monoisotopic (exact) mass is 314 g/mol. The van der Waals surface area contributed by atoms with Crippen molar-refractivity contribution in [3.05, 3.63) is 47.0 Å². The number of nitrogens with zero attached hydrogens (tertiary/aromatic N) is 2. The molecule has 1 aromatic carbocycles. The fraction of sp³-hybridized carbons (Fsp3) is 0.294. The average Bonchev–Trinajstić information content (AvgIpc) is 2.69. The molecule has 0 spiro atoms. The van der Waals surface area contributed by atoms with Gasteiger partial charge in [-0.15, -0.1) is 6.58 Å². The molecule has 0 N–H and O–H groups in total. The van der Waals surface area contributed by atoms with Crippen LogP contribution >= 0.6 is 0 Å². The summed E-state index contributed by atoms with van der Waals surface area (Å²) in [6, 6.07) is 2.84. The summed E-state index contributed by atoms with van der Waals surface area (Å²) in [6.45, 7) is 8.55. The predicted octanol–water partition coefficient (Wildman–Crippen LogP) is 1.77. The van der Waals surface area contributed by atoms with Crippen LogP contribution in [0.5, 0.6) is 0 Å². The van der Waals surface area contributed by atoms with Gasteiger partial charge in [-0.25, -0.2) is 9.69 Å². The molecule has 1 aromatic rings. The first-order valence-corrected chi connectivity index (χ1v) is 7.17. The number of amides is 4. The summed E-state index contributed by atoms with van der Waals surface area (Å²) >= 11 is 0. The molecule has 120 valence electrons. The van der Waals surface area contributed by atoms with Crippen LogP contribution in [0.3, 0.4) is 0 Å². The molecule has 6 heteroatoms. The van der Waals surface area contributed by atoms with Crippen molar-refractivity contribution in [2.75, 3.05) is 13.1 Å². The second kappa shape index (κ2) is 6.16. The summed E-state index contributed by atoms with van der Waals surface area (Å²) in [5, 5.41) is 0. The van der Waals surface area contributed by atoms with Crippen LogP contribution in [0, 0.1) is 20.8 Å². The van der Waals surface area contributed by atoms with Crippen LogP contribution in [0.25, 0.3) is 0 Å². The first kappa shape index (κ1) is 16.6. The smallest absolute Gasteiger partial charge is 0.292 e. The van der Waals surface area contributed by atoms with Gasteiger partial charge in [-0.2, -0.15) is 0 Å². The van der Waals surface area contributed by atoms with Crippen LogP contribution in [0.2, 0.25) is 0 Å². The standard InChI is InChI=1S/C17H18N2O4/c1-5-6-18-15(21)16(22)19(17(18)23)9-14(20)13-8-11(3)10(2)7-12(13)4/h5,7-8H,1,6,9H2,2-4H3. The molecule has 23 heavy (non-hydrogen) atoms. The summed E-state index contributed by atoms with van der Waals surface area (Å²) in [6.07, 6.45) is 1.35. The summed E-state index contributed by atoms with van der Waals surface area (Å²) in [7, 11) is 0. The zero-order valence-corrected chi connectivity index (χ0v) is 13.4. The maximum Gasteiger partial charge on any atom is 0.334 e. The molecular formula is C17H18N2O4. The molecule has 1 aliphatic heterocycles. The van der Waals surface area contributed by atoms with Crippen LogP contribution in [0.4, 0.5) is 4.79 Å². The molecule has 1 aliphatic rings. The third-order valence-corrected chi connectivity index (χ3v) is 3.89. The third-order valence-electron chi connectivity index (χ3n) is 3.89. The minimum Gasteiger partial charge on any atom is -0.292 e. The first-order chi connectivity index (χ1) is 10.8. The van der Waals surface area contributed by atoms with E-state index in [1.165, 1.54) is 6.08 Å². The fourth-order valence-corrected chi connectivity index (χ4v) is 2.47. The van der Waals surface area contributed by atoms with Crippen LogP contribution < -0.4 is 0 Å². The second-order valence-corrected chi connectivity index (χ2v) is 5.55. The van der Waals surface area contributed by atoms with E-state index in [-0.39, 0.29) is 12.3 Å². The van der Waals surface area contributed by atoms with Crippen LogP contribution in [-0.4, -0.2) is 46.5 Å². The van der Waals surface area contributed by atoms with E-state index in [1.807, 2.05) is 19.9 Å². The Hall–Kier alpha value is -2.76. The first-order valence-electron chi connectivity index (χ1n) is 7.17. The summed E-state index contributed by atoms with van der Waals surface area (Å²) in [5.74, 6) is -2.29. The van der Waals surface area contributed by atoms with Crippen molar-refractivity contribution in [2.24, 2.45) is 0 Å². The SMILES string of the molecule is C=CCN1C(=O)C(=O)N(CC(=O)c2cc(C)c(C)cc2C)C1=O. The molecule has 0 radical (unpaired) electrons. The number of ketones is 1. The van der Waals surface area contributed by atoms with Crippen molar-refractivity contribution in [3.63, 3.8) is 0 Å². The zero-order valence-electron chi connectivity index (χ0n) is 13.4. The van der Waals surface area contributed by atoms with Gasteiger partial charge in [0.25, 0.3) is 0 Å². The minimum atomic E-state index is -0.980. The Morgan fingerprint density at radius 3 is 2.17 bits per heavy atom. The number of urea groups is 1. The van der Waals surface area contributed by atoms with Crippen molar-refractivity contribution in [2.45, 2.75) is 20.8 Å². The molecule has 0 aliphatic carbocycles. The number of rotatable bonds is 5. The number of benzene rings is 1. The molecule has 0 bridgehead atoms. The minimum absolute atomic E-state index is 0.0588. The topological polar surface area (TPSA) is 74.8 Å². The van der Waals surface area contributed by atoms with E-state index in [2.05, 4.69) is 6.58 Å². The van der Waals surface area contributed by atoms with Gasteiger partial charge < -0.3 is 0 Å². The lowest BCUT2D eigenvalue weighted by Gasteiger charge is -2.15. The van der Waals surface area contributed by atoms with E-state index in [4.69, 9.17) is 0 Å². The van der Waals surface area contributed by atoms with Crippen molar-refractivity contribution in [3.8, 4) is 0 Å². The molecule has 1 heterocycles. The van der Waals surface area contributed by atoms with E-state index in [0.717, 1.165) is 21.6 Å². The lowest BCUT2D eigenvalue weighted by atomic mass is 9.98. The van der Waals surface area contributed by atoms with E-state index < -0.39 is 24.4 Å². The van der Waals surface area contributed by atoms with Gasteiger partial charge in [0.1, 0.15) is 0 Å². The van der Waals surface area contributed by atoms with Gasteiger partial charge in [-0.1, -0.05) is 12.1 Å². The maximum absolute atomic E-state index is 12.5. The highest BCUT2D eigenvalue weighted by molar-refractivity contribution is 6.45. The number of imide groups is 2. The maximum atomic E-state index is 12.5. The van der Waals surface area contributed by atoms with Gasteiger partial charge in [0, 0.05) is 12.1 Å². The van der Waals surface area contributed by atoms with Crippen molar-refractivity contribution in [1.29, 1.82) is 0 Å². The van der Waals surface area contributed by atoms with Gasteiger partial charge >= 0.3 is 17.8 Å². The normalized spacial score (nSPS) is 14.7. The molecule has 0 saturated carbocycles. The number of carbonyl (C=O) groups is 4. The van der Waals surface area contributed by atoms with E-state index in [0.29, 0.717) is 10.5 Å². The lowest BCUT2D eigenvalue weighted by molar-refractivity contribution is -0.142. The van der Waals surface area contributed by atoms with Gasteiger partial charge in [-0.05, 0) is 43.5 Å². The Bertz CT molecular complexity index is 736. The number of carbonyl (C=O) groups excluding carboxylic acids is 4. The van der Waals surface area contributed by atoms with Gasteiger partial charge in [-0.3, -0.25) is 19.3 Å². The zero-order chi connectivity index (χ0) is 17.3. The van der Waals surface area contributed by atoms with Gasteiger partial charge in [0.2, 0.25) is 0 Å². The molecule has 0 atom stereocenters. The average molecular weight is 314 g/mol. The van der Waals surface area contributed by atoms with E-state index in [9.17, 15) is 19.2 Å². The Labute approximate surface area is 134 Å². The third kappa shape index (κ3) is 2.92. The van der Waals surface area contributed by atoms with E-state index >= 15 is 0 Å². The van der Waals surface area contributed by atoms with Gasteiger partial charge in [0.15, 0.2) is 5.78 Å². The Morgan fingerprint density at radius 2 is 1.57 bits per heavy atom. The van der Waals surface area contributed by atoms with E-state index in [1.54, 1.807) is 13.0 Å². The number of hydrogen-bond donors (Lipinski definition) is 0. The molecule has 2 rings (SSSR count). The number of hydrogen-bond acceptors (Lipinski definition) is 4. The predicted molar refractivity (Wildman–Crippen MR) is 84.0 cm³/mol. The van der Waals surface area contributed by atoms with Crippen molar-refractivity contribution in [1.82, 2.24) is 9.80 Å². The van der Waals surface area contributed by atoms with Crippen molar-refractivity contribution < 1.29 is 19.2 Å². The second-order valence-electron chi connectivity index (χ2n) is 5.55. The Balaban J connectivity index is 2.25. The molecule has 6 nitrogen and oxygen atoms in total. The molecule has 4 amide bonds. The van der Waals surface area contributed by atoms with Crippen molar-refractivity contribution >= 4 is 23.6 Å². The largest absolute Gasteiger partial charge is 0.334 e. The molecule has 1 saturated heterocycles. The van der Waals surface area contributed by atoms with Gasteiger partial charge in [0.05, 0.1) is 6.54 Å². The summed E-state index contributed by atoms with van der Waals surface area (Å²) in [4.78, 5) is 49.7. The molecule has 0 unspecified atom stereocenters. The summed E-state index contributed by atoms with van der Waals surface area (Å²) < 4.78 is 0. The van der Waals surface area contributed by atoms with Crippen LogP contribution in [-0.2, 0) is 9.59 Å².